The van der Waals surface area contributed by atoms with Gasteiger partial charge < -0.3 is 15.0 Å². The second-order valence-electron chi connectivity index (χ2n) is 8.39. The largest absolute Gasteiger partial charge is 0.492 e. The van der Waals surface area contributed by atoms with E-state index in [9.17, 15) is 4.39 Å². The van der Waals surface area contributed by atoms with Crippen LogP contribution >= 0.6 is 11.8 Å². The quantitative estimate of drug-likeness (QED) is 0.121. The third-order valence-electron chi connectivity index (χ3n) is 5.82. The molecule has 1 aromatic carbocycles. The number of methoxy groups -OCH3 is 1. The average molecular weight is 512 g/mol. The Hall–Kier alpha value is -3.53. The van der Waals surface area contributed by atoms with Crippen molar-refractivity contribution < 1.29 is 9.13 Å². The summed E-state index contributed by atoms with van der Waals surface area (Å²) < 4.78 is 22.6. The molecule has 10 heteroatoms. The van der Waals surface area contributed by atoms with Crippen molar-refractivity contribution in [3.8, 4) is 0 Å². The number of nitrogens with one attached hydrogen (secondary N) is 2. The van der Waals surface area contributed by atoms with Crippen LogP contribution in [0.4, 0.5) is 15.9 Å². The van der Waals surface area contributed by atoms with Crippen molar-refractivity contribution in [3.63, 3.8) is 0 Å². The summed E-state index contributed by atoms with van der Waals surface area (Å²) in [5.74, 6) is 1.82. The molecule has 2 aromatic heterocycles. The second-order valence-corrected chi connectivity index (χ2v) is 9.27. The van der Waals surface area contributed by atoms with Gasteiger partial charge in [0, 0.05) is 48.1 Å². The number of aliphatic imine (C=N–C) groups is 1. The molecule has 0 unspecified atom stereocenters. The summed E-state index contributed by atoms with van der Waals surface area (Å²) in [6.07, 6.45) is 6.47. The number of hydrogen-bond acceptors (Lipinski definition) is 6. The molecule has 0 radical (unpaired) electrons. The normalized spacial score (nSPS) is 13.3. The topological polar surface area (TPSA) is 83.4 Å². The lowest BCUT2D eigenvalue weighted by atomic mass is 10.00. The third kappa shape index (κ3) is 6.17. The van der Waals surface area contributed by atoms with Gasteiger partial charge in [0.05, 0.1) is 19.0 Å². The first kappa shape index (κ1) is 27.1. The number of amidine groups is 1. The Morgan fingerprint density at radius 1 is 1.31 bits per heavy atom. The van der Waals surface area contributed by atoms with Crippen LogP contribution in [0.1, 0.15) is 38.4 Å². The smallest absolute Gasteiger partial charge is 0.176 e. The zero-order chi connectivity index (χ0) is 26.4. The molecule has 0 saturated carbocycles. The van der Waals surface area contributed by atoms with Gasteiger partial charge in [-0.15, -0.1) is 11.8 Å². The zero-order valence-corrected chi connectivity index (χ0v) is 22.9. The average Bonchev–Trinajstić information content (AvgIpc) is 3.48. The van der Waals surface area contributed by atoms with Gasteiger partial charge in [0.2, 0.25) is 0 Å². The van der Waals surface area contributed by atoms with E-state index in [0.29, 0.717) is 28.9 Å². The van der Waals surface area contributed by atoms with E-state index in [2.05, 4.69) is 34.5 Å². The predicted molar refractivity (Wildman–Crippen MR) is 147 cm³/mol. The highest BCUT2D eigenvalue weighted by Gasteiger charge is 2.21. The molecule has 0 aliphatic rings. The molecule has 0 atom stereocenters. The Labute approximate surface area is 216 Å². The number of nitrogens with zero attached hydrogens (tertiary/aromatic N) is 5. The molecule has 0 spiro atoms. The van der Waals surface area contributed by atoms with Crippen molar-refractivity contribution >= 4 is 34.7 Å². The van der Waals surface area contributed by atoms with Gasteiger partial charge in [-0.05, 0) is 51.6 Å². The van der Waals surface area contributed by atoms with Crippen LogP contribution in [-0.4, -0.2) is 46.2 Å². The molecule has 0 amide bonds. The van der Waals surface area contributed by atoms with E-state index in [1.807, 2.05) is 45.5 Å². The summed E-state index contributed by atoms with van der Waals surface area (Å²) in [5.41, 5.74) is 4.23. The first-order valence-electron chi connectivity index (χ1n) is 11.6. The minimum absolute atomic E-state index is 0.315. The van der Waals surface area contributed by atoms with Crippen LogP contribution in [0, 0.1) is 12.7 Å². The minimum Gasteiger partial charge on any atom is -0.492 e. The minimum atomic E-state index is -0.315. The van der Waals surface area contributed by atoms with E-state index in [4.69, 9.17) is 9.73 Å². The van der Waals surface area contributed by atoms with Crippen LogP contribution in [0.15, 0.2) is 63.7 Å². The maximum atomic E-state index is 14.9. The van der Waals surface area contributed by atoms with Crippen molar-refractivity contribution in [3.05, 3.63) is 70.9 Å². The fourth-order valence-electron chi connectivity index (χ4n) is 3.65. The number of hydrogen-bond donors (Lipinski definition) is 2. The van der Waals surface area contributed by atoms with E-state index in [-0.39, 0.29) is 5.82 Å². The molecule has 2 N–H and O–H groups in total. The molecule has 0 aliphatic carbocycles. The number of aromatic amines is 1. The van der Waals surface area contributed by atoms with Gasteiger partial charge in [-0.1, -0.05) is 12.5 Å². The molecular formula is C26H34FN7OS. The summed E-state index contributed by atoms with van der Waals surface area (Å²) in [6, 6.07) is 7.05. The number of thioether (sulfide) groups is 1. The molecule has 3 rings (SSSR count). The highest BCUT2D eigenvalue weighted by molar-refractivity contribution is 7.98. The van der Waals surface area contributed by atoms with Crippen LogP contribution in [0.3, 0.4) is 0 Å². The molecule has 0 saturated heterocycles. The molecule has 8 nitrogen and oxygen atoms in total. The van der Waals surface area contributed by atoms with Gasteiger partial charge in [-0.25, -0.2) is 9.38 Å². The van der Waals surface area contributed by atoms with Gasteiger partial charge in [0.25, 0.3) is 0 Å². The Balaban J connectivity index is 2.18. The van der Waals surface area contributed by atoms with Crippen LogP contribution in [-0.2, 0) is 11.8 Å². The lowest BCUT2D eigenvalue weighted by Crippen LogP contribution is -2.25. The summed E-state index contributed by atoms with van der Waals surface area (Å²) in [6.45, 7) is 7.90. The fourth-order valence-corrected chi connectivity index (χ4v) is 4.08. The van der Waals surface area contributed by atoms with E-state index in [0.717, 1.165) is 33.7 Å². The van der Waals surface area contributed by atoms with Gasteiger partial charge in [-0.2, -0.15) is 10.2 Å². The number of rotatable bonds is 9. The van der Waals surface area contributed by atoms with Crippen molar-refractivity contribution in [2.75, 3.05) is 30.6 Å². The Morgan fingerprint density at radius 3 is 2.58 bits per heavy atom. The number of ether oxygens (including phenoxy) is 1. The van der Waals surface area contributed by atoms with E-state index >= 15 is 0 Å². The number of aromatic nitrogens is 4. The number of allylic oxidation sites excluding steroid dienone is 2. The number of benzene rings is 1. The van der Waals surface area contributed by atoms with Crippen LogP contribution in [0.25, 0.3) is 5.57 Å². The molecule has 0 aliphatic heterocycles. The second kappa shape index (κ2) is 11.9. The molecule has 3 aromatic rings. The Morgan fingerprint density at radius 2 is 2.06 bits per heavy atom. The first-order valence-corrected chi connectivity index (χ1v) is 12.8. The third-order valence-corrected chi connectivity index (χ3v) is 6.55. The maximum absolute atomic E-state index is 14.9. The zero-order valence-electron chi connectivity index (χ0n) is 22.1. The number of H-pyrrole nitrogens is 1. The molecular weight excluding hydrogens is 477 g/mol. The number of anilines is 2. The maximum Gasteiger partial charge on any atom is 0.176 e. The Kier molecular flexibility index (Phi) is 8.98. The summed E-state index contributed by atoms with van der Waals surface area (Å²) in [7, 11) is 5.27. The van der Waals surface area contributed by atoms with Gasteiger partial charge in [0.15, 0.2) is 17.4 Å². The van der Waals surface area contributed by atoms with E-state index < -0.39 is 0 Å². The molecule has 0 fully saturated rings. The molecule has 36 heavy (non-hydrogen) atoms. The van der Waals surface area contributed by atoms with Crippen molar-refractivity contribution in [1.82, 2.24) is 20.0 Å². The van der Waals surface area contributed by atoms with Crippen molar-refractivity contribution in [2.24, 2.45) is 12.0 Å². The lowest BCUT2D eigenvalue weighted by Gasteiger charge is -2.22. The number of aryl methyl sites for hydroxylation is 2. The highest BCUT2D eigenvalue weighted by Crippen LogP contribution is 2.32. The fraction of sp³-hybridized carbons (Fsp3) is 0.346. The first-order chi connectivity index (χ1) is 17.2. The lowest BCUT2D eigenvalue weighted by molar-refractivity contribution is 0.306. The van der Waals surface area contributed by atoms with Gasteiger partial charge >= 0.3 is 0 Å². The van der Waals surface area contributed by atoms with Crippen LogP contribution in [0.5, 0.6) is 0 Å². The molecule has 0 bridgehead atoms. The van der Waals surface area contributed by atoms with E-state index in [1.54, 1.807) is 36.0 Å². The highest BCUT2D eigenvalue weighted by atomic mass is 32.2. The van der Waals surface area contributed by atoms with Gasteiger partial charge in [-0.3, -0.25) is 9.78 Å². The SMILES string of the molecule is CC/C(C)=C(/C(OC)=C(\N=C(/C)N(C)c1ccc(SC)cc1F)Nc1cc(C)[nH]n1)c1cnn(C)c1. The van der Waals surface area contributed by atoms with Crippen molar-refractivity contribution in [2.45, 2.75) is 39.0 Å². The standard InChI is InChI=1S/C26H34FN7OS/c1-9-16(2)24(19-14-28-33(5)15-19)25(35-7)26(30-23-12-17(3)31-32-23)29-18(4)34(6)22-11-10-20(36-8)13-21(22)27/h10-15H,9H2,1-8H3,(H2,30,31,32)/b24-16+,26-25-,29-18+. The van der Waals surface area contributed by atoms with E-state index in [1.165, 1.54) is 17.8 Å². The summed E-state index contributed by atoms with van der Waals surface area (Å²) in [4.78, 5) is 7.45. The molecule has 2 heterocycles. The Bertz CT molecular complexity index is 1310. The van der Waals surface area contributed by atoms with Crippen molar-refractivity contribution in [1.29, 1.82) is 0 Å². The van der Waals surface area contributed by atoms with Crippen LogP contribution in [0.2, 0.25) is 0 Å². The summed E-state index contributed by atoms with van der Waals surface area (Å²) in [5, 5.41) is 14.9. The predicted octanol–water partition coefficient (Wildman–Crippen LogP) is 5.98. The number of halogens is 1. The van der Waals surface area contributed by atoms with Gasteiger partial charge in [0.1, 0.15) is 11.7 Å². The summed E-state index contributed by atoms with van der Waals surface area (Å²) >= 11 is 1.50. The molecule has 192 valence electrons. The van der Waals surface area contributed by atoms with Crippen LogP contribution < -0.4 is 10.2 Å². The monoisotopic (exact) mass is 511 g/mol.